The number of benzene rings is 2. The molecule has 0 bridgehead atoms. The minimum absolute atomic E-state index is 0.365. The smallest absolute Gasteiger partial charge is 0.288 e. The van der Waals surface area contributed by atoms with Crippen molar-refractivity contribution in [3.63, 3.8) is 0 Å². The van der Waals surface area contributed by atoms with Crippen LogP contribution in [0.3, 0.4) is 0 Å². The third kappa shape index (κ3) is 5.42. The molecular weight excluding hydrogens is 370 g/mol. The lowest BCUT2D eigenvalue weighted by Crippen LogP contribution is -2.41. The predicted octanol–water partition coefficient (Wildman–Crippen LogP) is 6.00. The lowest BCUT2D eigenvalue weighted by Gasteiger charge is -2.32. The summed E-state index contributed by atoms with van der Waals surface area (Å²) in [5, 5.41) is 3.94. The van der Waals surface area contributed by atoms with Crippen molar-refractivity contribution in [2.45, 2.75) is 43.0 Å². The summed E-state index contributed by atoms with van der Waals surface area (Å²) in [6, 6.07) is 17.6. The Hall–Kier alpha value is -1.66. The van der Waals surface area contributed by atoms with Crippen LogP contribution in [0, 0.1) is 5.92 Å². The van der Waals surface area contributed by atoms with Crippen LogP contribution in [0.1, 0.15) is 25.3 Å². The molecular formula is C20H22F2N2S2. The molecule has 1 aliphatic rings. The highest BCUT2D eigenvalue weighted by Crippen LogP contribution is 2.36. The first kappa shape index (κ1) is 19.1. The van der Waals surface area contributed by atoms with Crippen molar-refractivity contribution in [1.29, 1.82) is 0 Å². The molecule has 1 atom stereocenters. The van der Waals surface area contributed by atoms with Crippen molar-refractivity contribution < 1.29 is 8.78 Å². The van der Waals surface area contributed by atoms with E-state index in [1.165, 1.54) is 18.4 Å². The topological polar surface area (TPSA) is 15.3 Å². The Morgan fingerprint density at radius 2 is 1.81 bits per heavy atom. The number of thioether (sulfide) groups is 1. The molecule has 0 aromatic heterocycles. The van der Waals surface area contributed by atoms with Gasteiger partial charge in [0.2, 0.25) is 0 Å². The number of thiocarbonyl (C=S) groups is 1. The fourth-order valence-electron chi connectivity index (χ4n) is 2.93. The zero-order chi connectivity index (χ0) is 18.5. The molecule has 0 amide bonds. The van der Waals surface area contributed by atoms with Crippen LogP contribution < -0.4 is 5.32 Å². The minimum atomic E-state index is -2.41. The molecule has 0 radical (unpaired) electrons. The maximum atomic E-state index is 12.4. The van der Waals surface area contributed by atoms with E-state index in [0.717, 1.165) is 12.2 Å². The van der Waals surface area contributed by atoms with Crippen LogP contribution in [-0.2, 0) is 6.54 Å². The van der Waals surface area contributed by atoms with Crippen LogP contribution in [0.5, 0.6) is 0 Å². The fourth-order valence-corrected chi connectivity index (χ4v) is 3.78. The van der Waals surface area contributed by atoms with Gasteiger partial charge in [-0.25, -0.2) is 0 Å². The second-order valence-electron chi connectivity index (χ2n) is 6.52. The SMILES string of the molecule is C[C@H](C1CC1)N(Cc1ccccc1)C(=S)Nc1ccc(SC(F)F)cc1. The molecule has 2 aromatic rings. The Morgan fingerprint density at radius 3 is 2.38 bits per heavy atom. The molecule has 1 fully saturated rings. The monoisotopic (exact) mass is 392 g/mol. The van der Waals surface area contributed by atoms with E-state index < -0.39 is 5.76 Å². The van der Waals surface area contributed by atoms with Gasteiger partial charge in [-0.1, -0.05) is 42.1 Å². The highest BCUT2D eigenvalue weighted by atomic mass is 32.2. The molecule has 0 aliphatic heterocycles. The number of rotatable bonds is 7. The van der Waals surface area contributed by atoms with Crippen molar-refractivity contribution in [2.24, 2.45) is 5.92 Å². The minimum Gasteiger partial charge on any atom is -0.342 e. The van der Waals surface area contributed by atoms with E-state index in [-0.39, 0.29) is 0 Å². The number of halogens is 2. The molecule has 0 spiro atoms. The molecule has 0 unspecified atom stereocenters. The molecule has 26 heavy (non-hydrogen) atoms. The summed E-state index contributed by atoms with van der Waals surface area (Å²) < 4.78 is 24.9. The molecule has 0 saturated heterocycles. The summed E-state index contributed by atoms with van der Waals surface area (Å²) in [5.41, 5.74) is 2.03. The van der Waals surface area contributed by atoms with E-state index >= 15 is 0 Å². The van der Waals surface area contributed by atoms with E-state index in [1.54, 1.807) is 24.3 Å². The summed E-state index contributed by atoms with van der Waals surface area (Å²) in [4.78, 5) is 2.77. The van der Waals surface area contributed by atoms with Crippen molar-refractivity contribution in [2.75, 3.05) is 5.32 Å². The predicted molar refractivity (Wildman–Crippen MR) is 109 cm³/mol. The molecule has 1 N–H and O–H groups in total. The first-order valence-electron chi connectivity index (χ1n) is 8.69. The second-order valence-corrected chi connectivity index (χ2v) is 7.97. The summed E-state index contributed by atoms with van der Waals surface area (Å²) in [6.07, 6.45) is 2.49. The molecule has 6 heteroatoms. The van der Waals surface area contributed by atoms with Gasteiger partial charge >= 0.3 is 0 Å². The number of hydrogen-bond donors (Lipinski definition) is 1. The van der Waals surface area contributed by atoms with E-state index in [9.17, 15) is 8.78 Å². The quantitative estimate of drug-likeness (QED) is 0.459. The highest BCUT2D eigenvalue weighted by Gasteiger charge is 2.33. The molecule has 138 valence electrons. The second kappa shape index (κ2) is 8.82. The van der Waals surface area contributed by atoms with Crippen LogP contribution in [0.4, 0.5) is 14.5 Å². The number of nitrogens with zero attached hydrogens (tertiary/aromatic N) is 1. The van der Waals surface area contributed by atoms with Gasteiger partial charge in [-0.05, 0) is 67.7 Å². The lowest BCUT2D eigenvalue weighted by molar-refractivity contribution is 0.252. The van der Waals surface area contributed by atoms with Gasteiger partial charge in [0.1, 0.15) is 0 Å². The Kier molecular flexibility index (Phi) is 6.48. The van der Waals surface area contributed by atoms with Gasteiger partial charge < -0.3 is 10.2 Å². The highest BCUT2D eigenvalue weighted by molar-refractivity contribution is 7.99. The normalized spacial score (nSPS) is 14.9. The van der Waals surface area contributed by atoms with Crippen LogP contribution in [0.25, 0.3) is 0 Å². The van der Waals surface area contributed by atoms with E-state index in [2.05, 4.69) is 29.3 Å². The molecule has 1 saturated carbocycles. The van der Waals surface area contributed by atoms with Crippen molar-refractivity contribution in [3.8, 4) is 0 Å². The summed E-state index contributed by atoms with van der Waals surface area (Å²) in [6.45, 7) is 2.97. The Bertz CT molecular complexity index is 718. The fraction of sp³-hybridized carbons (Fsp3) is 0.350. The number of anilines is 1. The van der Waals surface area contributed by atoms with Crippen LogP contribution >= 0.6 is 24.0 Å². The van der Waals surface area contributed by atoms with Crippen LogP contribution in [-0.4, -0.2) is 21.8 Å². The maximum Gasteiger partial charge on any atom is 0.288 e. The summed E-state index contributed by atoms with van der Waals surface area (Å²) >= 11 is 6.22. The van der Waals surface area contributed by atoms with Gasteiger partial charge in [-0.3, -0.25) is 0 Å². The van der Waals surface area contributed by atoms with Gasteiger partial charge in [0, 0.05) is 23.2 Å². The molecule has 0 heterocycles. The Balaban J connectivity index is 1.68. The van der Waals surface area contributed by atoms with Gasteiger partial charge in [-0.2, -0.15) is 8.78 Å². The first-order chi connectivity index (χ1) is 12.5. The van der Waals surface area contributed by atoms with Crippen molar-refractivity contribution >= 4 is 34.8 Å². The number of alkyl halides is 2. The maximum absolute atomic E-state index is 12.4. The number of nitrogens with one attached hydrogen (secondary N) is 1. The van der Waals surface area contributed by atoms with Gasteiger partial charge in [0.15, 0.2) is 5.11 Å². The summed E-state index contributed by atoms with van der Waals surface area (Å²) in [7, 11) is 0. The van der Waals surface area contributed by atoms with Gasteiger partial charge in [-0.15, -0.1) is 0 Å². The summed E-state index contributed by atoms with van der Waals surface area (Å²) in [5.74, 6) is -1.72. The largest absolute Gasteiger partial charge is 0.342 e. The van der Waals surface area contributed by atoms with Gasteiger partial charge in [0.25, 0.3) is 5.76 Å². The van der Waals surface area contributed by atoms with Crippen LogP contribution in [0.2, 0.25) is 0 Å². The Labute approximate surface area is 163 Å². The first-order valence-corrected chi connectivity index (χ1v) is 9.98. The number of hydrogen-bond acceptors (Lipinski definition) is 2. The Morgan fingerprint density at radius 1 is 1.15 bits per heavy atom. The molecule has 2 aromatic carbocycles. The van der Waals surface area contributed by atoms with Gasteiger partial charge in [0.05, 0.1) is 0 Å². The standard InChI is InChI=1S/C20H22F2N2S2/c1-14(16-7-8-16)24(13-15-5-3-2-4-6-15)20(25)23-17-9-11-18(12-10-17)26-19(21)22/h2-6,9-12,14,16,19H,7-8,13H2,1H3,(H,23,25)/t14-/m1/s1. The zero-order valence-electron chi connectivity index (χ0n) is 14.6. The third-order valence-corrected chi connectivity index (χ3v) is 5.64. The molecule has 3 rings (SSSR count). The van der Waals surface area contributed by atoms with E-state index in [4.69, 9.17) is 12.2 Å². The lowest BCUT2D eigenvalue weighted by atomic mass is 10.1. The van der Waals surface area contributed by atoms with Crippen molar-refractivity contribution in [1.82, 2.24) is 4.90 Å². The third-order valence-electron chi connectivity index (χ3n) is 4.58. The van der Waals surface area contributed by atoms with Crippen LogP contribution in [0.15, 0.2) is 59.5 Å². The molecule has 1 aliphatic carbocycles. The average molecular weight is 393 g/mol. The van der Waals surface area contributed by atoms with E-state index in [1.807, 2.05) is 18.2 Å². The average Bonchev–Trinajstić information content (AvgIpc) is 3.46. The zero-order valence-corrected chi connectivity index (χ0v) is 16.2. The van der Waals surface area contributed by atoms with Crippen molar-refractivity contribution in [3.05, 3.63) is 60.2 Å². The van der Waals surface area contributed by atoms with E-state index in [0.29, 0.717) is 33.7 Å². The molecule has 2 nitrogen and oxygen atoms in total.